The van der Waals surface area contributed by atoms with E-state index in [9.17, 15) is 4.79 Å². The van der Waals surface area contributed by atoms with Crippen molar-refractivity contribution in [3.8, 4) is 23.0 Å². The fourth-order valence-electron chi connectivity index (χ4n) is 4.84. The topological polar surface area (TPSA) is 62.2 Å². The van der Waals surface area contributed by atoms with Crippen LogP contribution in [0, 0.1) is 0 Å². The molecule has 1 saturated heterocycles. The second-order valence-corrected chi connectivity index (χ2v) is 9.67. The predicted molar refractivity (Wildman–Crippen MR) is 148 cm³/mol. The second kappa shape index (κ2) is 11.6. The van der Waals surface area contributed by atoms with E-state index in [0.29, 0.717) is 36.6 Å². The first-order chi connectivity index (χ1) is 18.5. The summed E-state index contributed by atoms with van der Waals surface area (Å²) in [6.45, 7) is 3.43. The number of likely N-dealkylation sites (tertiary alicyclic amines) is 1. The largest absolute Gasteiger partial charge is 0.497 e. The highest BCUT2D eigenvalue weighted by atomic mass is 16.5. The van der Waals surface area contributed by atoms with Gasteiger partial charge in [0.1, 0.15) is 24.7 Å². The molecule has 1 aliphatic rings. The minimum Gasteiger partial charge on any atom is -0.497 e. The minimum atomic E-state index is 0.0426. The van der Waals surface area contributed by atoms with Gasteiger partial charge in [0, 0.05) is 36.8 Å². The molecule has 38 heavy (non-hydrogen) atoms. The van der Waals surface area contributed by atoms with Crippen molar-refractivity contribution in [2.45, 2.75) is 32.6 Å². The Kier molecular flexibility index (Phi) is 7.84. The highest BCUT2D eigenvalue weighted by Crippen LogP contribution is 2.33. The van der Waals surface area contributed by atoms with Crippen molar-refractivity contribution in [1.29, 1.82) is 0 Å². The summed E-state index contributed by atoms with van der Waals surface area (Å²) < 4.78 is 25.0. The Hall–Kier alpha value is -3.97. The van der Waals surface area contributed by atoms with Crippen molar-refractivity contribution < 1.29 is 18.9 Å². The van der Waals surface area contributed by atoms with Crippen LogP contribution >= 0.6 is 0 Å². The number of nitrogens with zero attached hydrogens (tertiary/aromatic N) is 2. The van der Waals surface area contributed by atoms with Gasteiger partial charge in [0.2, 0.25) is 0 Å². The van der Waals surface area contributed by atoms with Crippen LogP contribution in [0.5, 0.6) is 23.0 Å². The van der Waals surface area contributed by atoms with Crippen molar-refractivity contribution in [1.82, 2.24) is 9.47 Å². The van der Waals surface area contributed by atoms with Crippen LogP contribution < -0.4 is 24.4 Å². The number of fused-ring (bicyclic) bond motifs is 1. The molecular weight excluding hydrogens is 480 g/mol. The SMILES string of the molecule is COc1ccc(COc2cc3c(=O)c(CN4CCCC4)cn(C)c3cc2OCc2ccc(OC)cc2)cc1. The quantitative estimate of drug-likeness (QED) is 0.286. The zero-order valence-corrected chi connectivity index (χ0v) is 22.2. The Balaban J connectivity index is 1.47. The average molecular weight is 515 g/mol. The van der Waals surface area contributed by atoms with E-state index in [4.69, 9.17) is 18.9 Å². The molecule has 7 heteroatoms. The minimum absolute atomic E-state index is 0.0426. The van der Waals surface area contributed by atoms with Crippen molar-refractivity contribution in [3.63, 3.8) is 0 Å². The van der Waals surface area contributed by atoms with Gasteiger partial charge in [0.05, 0.1) is 19.7 Å². The van der Waals surface area contributed by atoms with Gasteiger partial charge in [0.15, 0.2) is 16.9 Å². The molecule has 1 fully saturated rings. The summed E-state index contributed by atoms with van der Waals surface area (Å²) in [5.41, 5.74) is 3.64. The molecular formula is C31H34N2O5. The molecule has 0 N–H and O–H groups in total. The number of aryl methyl sites for hydroxylation is 1. The summed E-state index contributed by atoms with van der Waals surface area (Å²) in [5.74, 6) is 2.71. The van der Waals surface area contributed by atoms with E-state index >= 15 is 0 Å². The maximum absolute atomic E-state index is 13.6. The summed E-state index contributed by atoms with van der Waals surface area (Å²) in [4.78, 5) is 15.9. The molecule has 0 aliphatic carbocycles. The lowest BCUT2D eigenvalue weighted by Crippen LogP contribution is -2.24. The van der Waals surface area contributed by atoms with Crippen molar-refractivity contribution >= 4 is 10.9 Å². The maximum Gasteiger partial charge on any atom is 0.194 e. The molecule has 0 atom stereocenters. The Morgan fingerprint density at radius 2 is 1.29 bits per heavy atom. The van der Waals surface area contributed by atoms with Gasteiger partial charge in [-0.25, -0.2) is 0 Å². The molecule has 5 rings (SSSR count). The number of aromatic nitrogens is 1. The van der Waals surface area contributed by atoms with Crippen LogP contribution in [0.3, 0.4) is 0 Å². The lowest BCUT2D eigenvalue weighted by Gasteiger charge is -2.18. The van der Waals surface area contributed by atoms with E-state index < -0.39 is 0 Å². The molecule has 0 radical (unpaired) electrons. The molecule has 0 saturated carbocycles. The number of hydrogen-bond acceptors (Lipinski definition) is 6. The molecule has 1 aromatic heterocycles. The van der Waals surface area contributed by atoms with E-state index in [1.807, 2.05) is 78.5 Å². The highest BCUT2D eigenvalue weighted by Gasteiger charge is 2.18. The van der Waals surface area contributed by atoms with Gasteiger partial charge in [0.25, 0.3) is 0 Å². The van der Waals surface area contributed by atoms with Gasteiger partial charge in [-0.1, -0.05) is 24.3 Å². The van der Waals surface area contributed by atoms with Gasteiger partial charge >= 0.3 is 0 Å². The highest BCUT2D eigenvalue weighted by molar-refractivity contribution is 5.83. The first-order valence-electron chi connectivity index (χ1n) is 12.9. The molecule has 0 spiro atoms. The molecule has 0 amide bonds. The second-order valence-electron chi connectivity index (χ2n) is 9.67. The predicted octanol–water partition coefficient (Wildman–Crippen LogP) is 5.31. The van der Waals surface area contributed by atoms with Crippen molar-refractivity contribution in [2.75, 3.05) is 27.3 Å². The molecule has 7 nitrogen and oxygen atoms in total. The molecule has 0 bridgehead atoms. The molecule has 0 unspecified atom stereocenters. The van der Waals surface area contributed by atoms with Crippen LogP contribution in [0.15, 0.2) is 71.7 Å². The summed E-state index contributed by atoms with van der Waals surface area (Å²) in [7, 11) is 5.26. The zero-order valence-electron chi connectivity index (χ0n) is 22.2. The first kappa shape index (κ1) is 25.7. The maximum atomic E-state index is 13.6. The van der Waals surface area contributed by atoms with Gasteiger partial charge in [-0.05, 0) is 67.4 Å². The van der Waals surface area contributed by atoms with Crippen molar-refractivity contribution in [3.05, 3.63) is 93.8 Å². The Bertz CT molecular complexity index is 1440. The van der Waals surface area contributed by atoms with Crippen LogP contribution in [0.2, 0.25) is 0 Å². The molecule has 4 aromatic rings. The van der Waals surface area contributed by atoms with Crippen LogP contribution in [-0.2, 0) is 26.8 Å². The standard InChI is InChI=1S/C31H34N2O5/c1-32-18-24(19-33-14-4-5-15-33)31(34)27-16-29(37-20-22-6-10-25(35-2)11-7-22)30(17-28(27)32)38-21-23-8-12-26(36-3)13-9-23/h6-13,16-18H,4-5,14-15,19-21H2,1-3H3. The van der Waals surface area contributed by atoms with Gasteiger partial charge < -0.3 is 23.5 Å². The number of pyridine rings is 1. The van der Waals surface area contributed by atoms with Gasteiger partial charge in [-0.3, -0.25) is 9.69 Å². The summed E-state index contributed by atoms with van der Waals surface area (Å²) in [5, 5.41) is 0.630. The number of rotatable bonds is 10. The molecule has 1 aliphatic heterocycles. The van der Waals surface area contributed by atoms with Crippen LogP contribution in [0.1, 0.15) is 29.5 Å². The van der Waals surface area contributed by atoms with Crippen LogP contribution in [0.4, 0.5) is 0 Å². The first-order valence-corrected chi connectivity index (χ1v) is 12.9. The fraction of sp³-hybridized carbons (Fsp3) is 0.323. The Morgan fingerprint density at radius 3 is 1.82 bits per heavy atom. The van der Waals surface area contributed by atoms with E-state index in [2.05, 4.69) is 4.90 Å². The van der Waals surface area contributed by atoms with Crippen molar-refractivity contribution in [2.24, 2.45) is 7.05 Å². The van der Waals surface area contributed by atoms with Gasteiger partial charge in [-0.15, -0.1) is 0 Å². The third-order valence-corrected chi connectivity index (χ3v) is 7.03. The lowest BCUT2D eigenvalue weighted by molar-refractivity contribution is 0.256. The van der Waals surface area contributed by atoms with Gasteiger partial charge in [-0.2, -0.15) is 0 Å². The smallest absolute Gasteiger partial charge is 0.194 e. The Labute approximate surface area is 223 Å². The number of methoxy groups -OCH3 is 2. The summed E-state index contributed by atoms with van der Waals surface area (Å²) >= 11 is 0. The summed E-state index contributed by atoms with van der Waals surface area (Å²) in [6.07, 6.45) is 4.33. The average Bonchev–Trinajstić information content (AvgIpc) is 3.47. The lowest BCUT2D eigenvalue weighted by atomic mass is 10.1. The molecule has 3 aromatic carbocycles. The Morgan fingerprint density at radius 1 is 0.763 bits per heavy atom. The van der Waals surface area contributed by atoms with E-state index in [-0.39, 0.29) is 5.43 Å². The van der Waals surface area contributed by atoms with E-state index in [1.54, 1.807) is 14.2 Å². The monoisotopic (exact) mass is 514 g/mol. The number of benzene rings is 3. The molecule has 2 heterocycles. The van der Waals surface area contributed by atoms with E-state index in [0.717, 1.165) is 46.8 Å². The number of ether oxygens (including phenoxy) is 4. The van der Waals surface area contributed by atoms with Crippen LogP contribution in [-0.4, -0.2) is 36.8 Å². The number of hydrogen-bond donors (Lipinski definition) is 0. The van der Waals surface area contributed by atoms with Crippen LogP contribution in [0.25, 0.3) is 10.9 Å². The van der Waals surface area contributed by atoms with E-state index in [1.165, 1.54) is 12.8 Å². The fourth-order valence-corrected chi connectivity index (χ4v) is 4.84. The zero-order chi connectivity index (χ0) is 26.5. The normalized spacial score (nSPS) is 13.6. The third kappa shape index (κ3) is 5.78. The summed E-state index contributed by atoms with van der Waals surface area (Å²) in [6, 6.07) is 19.2. The third-order valence-electron chi connectivity index (χ3n) is 7.03. The molecule has 198 valence electrons.